The first-order chi connectivity index (χ1) is 9.08. The van der Waals surface area contributed by atoms with Crippen molar-refractivity contribution in [2.24, 2.45) is 0 Å². The third kappa shape index (κ3) is 3.01. The van der Waals surface area contributed by atoms with E-state index in [1.165, 1.54) is 6.07 Å². The highest BCUT2D eigenvalue weighted by atomic mass is 16.3. The molecular weight excluding hydrogens is 242 g/mol. The Morgan fingerprint density at radius 1 is 1.42 bits per heavy atom. The summed E-state index contributed by atoms with van der Waals surface area (Å²) in [6.45, 7) is 2.11. The highest BCUT2D eigenvalue weighted by Crippen LogP contribution is 2.16. The van der Waals surface area contributed by atoms with Gasteiger partial charge in [0.1, 0.15) is 11.6 Å². The number of hydrogen-bond acceptors (Lipinski definition) is 4. The number of aromatic hydroxyl groups is 1. The molecule has 0 saturated heterocycles. The SMILES string of the molecule is Cc1ccc(O)cc1C(=O)NCc1cccnc1N. The lowest BCUT2D eigenvalue weighted by molar-refractivity contribution is 0.0950. The molecule has 2 rings (SSSR count). The number of rotatable bonds is 3. The van der Waals surface area contributed by atoms with Crippen molar-refractivity contribution < 1.29 is 9.90 Å². The summed E-state index contributed by atoms with van der Waals surface area (Å²) in [5.41, 5.74) is 7.70. The van der Waals surface area contributed by atoms with Gasteiger partial charge in [0, 0.05) is 23.9 Å². The zero-order chi connectivity index (χ0) is 13.8. The van der Waals surface area contributed by atoms with E-state index in [1.807, 2.05) is 6.92 Å². The quantitative estimate of drug-likeness (QED) is 0.779. The van der Waals surface area contributed by atoms with Gasteiger partial charge in [-0.25, -0.2) is 4.98 Å². The van der Waals surface area contributed by atoms with Crippen LogP contribution in [0.15, 0.2) is 36.5 Å². The van der Waals surface area contributed by atoms with Crippen LogP contribution in [-0.2, 0) is 6.54 Å². The molecule has 0 fully saturated rings. The number of amides is 1. The summed E-state index contributed by atoms with van der Waals surface area (Å²) in [4.78, 5) is 16.0. The number of aryl methyl sites for hydroxylation is 1. The summed E-state index contributed by atoms with van der Waals surface area (Å²) in [6.07, 6.45) is 1.60. The molecule has 0 radical (unpaired) electrons. The number of benzene rings is 1. The molecule has 19 heavy (non-hydrogen) atoms. The van der Waals surface area contributed by atoms with Crippen LogP contribution in [0.1, 0.15) is 21.5 Å². The van der Waals surface area contributed by atoms with Crippen molar-refractivity contribution >= 4 is 11.7 Å². The number of hydrogen-bond donors (Lipinski definition) is 3. The van der Waals surface area contributed by atoms with Crippen molar-refractivity contribution in [2.75, 3.05) is 5.73 Å². The maximum absolute atomic E-state index is 12.0. The smallest absolute Gasteiger partial charge is 0.251 e. The number of phenolic OH excluding ortho intramolecular Hbond substituents is 1. The minimum atomic E-state index is -0.253. The van der Waals surface area contributed by atoms with Gasteiger partial charge in [-0.2, -0.15) is 0 Å². The number of carbonyl (C=O) groups is 1. The second kappa shape index (κ2) is 5.39. The van der Waals surface area contributed by atoms with Crippen molar-refractivity contribution in [1.82, 2.24) is 10.3 Å². The molecule has 0 aliphatic carbocycles. The summed E-state index contributed by atoms with van der Waals surface area (Å²) >= 11 is 0. The molecule has 1 aromatic carbocycles. The summed E-state index contributed by atoms with van der Waals surface area (Å²) in [5, 5.41) is 12.2. The average molecular weight is 257 g/mol. The summed E-state index contributed by atoms with van der Waals surface area (Å²) in [5.74, 6) is 0.212. The number of nitrogens with one attached hydrogen (secondary N) is 1. The van der Waals surface area contributed by atoms with Crippen LogP contribution in [0.2, 0.25) is 0 Å². The molecule has 0 spiro atoms. The minimum Gasteiger partial charge on any atom is -0.508 e. The number of nitrogen functional groups attached to an aromatic ring is 1. The van der Waals surface area contributed by atoms with E-state index in [-0.39, 0.29) is 11.7 Å². The lowest BCUT2D eigenvalue weighted by Gasteiger charge is -2.09. The molecule has 0 saturated carbocycles. The predicted molar refractivity (Wildman–Crippen MR) is 72.7 cm³/mol. The molecule has 1 aromatic heterocycles. The molecule has 0 bridgehead atoms. The fraction of sp³-hybridized carbons (Fsp3) is 0.143. The number of aromatic nitrogens is 1. The van der Waals surface area contributed by atoms with Crippen LogP contribution in [0, 0.1) is 6.92 Å². The van der Waals surface area contributed by atoms with Crippen molar-refractivity contribution in [1.29, 1.82) is 0 Å². The Hall–Kier alpha value is -2.56. The predicted octanol–water partition coefficient (Wildman–Crippen LogP) is 1.61. The summed E-state index contributed by atoms with van der Waals surface area (Å²) in [7, 11) is 0. The number of anilines is 1. The van der Waals surface area contributed by atoms with Gasteiger partial charge < -0.3 is 16.2 Å². The largest absolute Gasteiger partial charge is 0.508 e. The molecule has 0 unspecified atom stereocenters. The molecular formula is C14H15N3O2. The molecule has 5 heteroatoms. The van der Waals surface area contributed by atoms with Crippen LogP contribution in [0.4, 0.5) is 5.82 Å². The van der Waals surface area contributed by atoms with Crippen molar-refractivity contribution in [2.45, 2.75) is 13.5 Å². The summed E-state index contributed by atoms with van der Waals surface area (Å²) in [6, 6.07) is 8.25. The standard InChI is InChI=1S/C14H15N3O2/c1-9-4-5-11(18)7-12(9)14(19)17-8-10-3-2-6-16-13(10)15/h2-7,18H,8H2,1H3,(H2,15,16)(H,17,19). The molecule has 1 amide bonds. The third-order valence-electron chi connectivity index (χ3n) is 2.83. The van der Waals surface area contributed by atoms with Gasteiger partial charge in [0.25, 0.3) is 5.91 Å². The fourth-order valence-electron chi connectivity index (χ4n) is 1.73. The molecule has 0 atom stereocenters. The van der Waals surface area contributed by atoms with Crippen molar-refractivity contribution in [3.63, 3.8) is 0 Å². The zero-order valence-corrected chi connectivity index (χ0v) is 10.6. The third-order valence-corrected chi connectivity index (χ3v) is 2.83. The Morgan fingerprint density at radius 3 is 2.95 bits per heavy atom. The first-order valence-electron chi connectivity index (χ1n) is 5.85. The van der Waals surface area contributed by atoms with E-state index >= 15 is 0 Å². The van der Waals surface area contributed by atoms with E-state index in [0.717, 1.165) is 11.1 Å². The Labute approximate surface area is 111 Å². The molecule has 2 aromatic rings. The molecule has 1 heterocycles. The van der Waals surface area contributed by atoms with Crippen LogP contribution in [0.3, 0.4) is 0 Å². The Bertz CT molecular complexity index is 611. The second-order valence-corrected chi connectivity index (χ2v) is 4.23. The lowest BCUT2D eigenvalue weighted by atomic mass is 10.1. The van der Waals surface area contributed by atoms with Gasteiger partial charge >= 0.3 is 0 Å². The average Bonchev–Trinajstić information content (AvgIpc) is 2.40. The van der Waals surface area contributed by atoms with E-state index < -0.39 is 0 Å². The maximum atomic E-state index is 12.0. The Kier molecular flexibility index (Phi) is 3.66. The van der Waals surface area contributed by atoms with E-state index in [1.54, 1.807) is 30.5 Å². The molecule has 98 valence electrons. The van der Waals surface area contributed by atoms with Crippen molar-refractivity contribution in [3.05, 3.63) is 53.2 Å². The monoisotopic (exact) mass is 257 g/mol. The maximum Gasteiger partial charge on any atom is 0.251 e. The zero-order valence-electron chi connectivity index (χ0n) is 10.6. The van der Waals surface area contributed by atoms with E-state index in [0.29, 0.717) is 17.9 Å². The van der Waals surface area contributed by atoms with E-state index in [9.17, 15) is 9.90 Å². The summed E-state index contributed by atoms with van der Waals surface area (Å²) < 4.78 is 0. The van der Waals surface area contributed by atoms with Crippen molar-refractivity contribution in [3.8, 4) is 5.75 Å². The lowest BCUT2D eigenvalue weighted by Crippen LogP contribution is -2.24. The highest BCUT2D eigenvalue weighted by Gasteiger charge is 2.10. The minimum absolute atomic E-state index is 0.0663. The van der Waals surface area contributed by atoms with Gasteiger partial charge in [0.05, 0.1) is 0 Å². The second-order valence-electron chi connectivity index (χ2n) is 4.23. The van der Waals surface area contributed by atoms with Crippen LogP contribution in [0.5, 0.6) is 5.75 Å². The normalized spacial score (nSPS) is 10.2. The number of phenols is 1. The number of nitrogens with two attached hydrogens (primary N) is 1. The van der Waals surface area contributed by atoms with Gasteiger partial charge in [-0.05, 0) is 30.7 Å². The van der Waals surface area contributed by atoms with Gasteiger partial charge in [0.15, 0.2) is 0 Å². The van der Waals surface area contributed by atoms with Crippen LogP contribution < -0.4 is 11.1 Å². The van der Waals surface area contributed by atoms with Gasteiger partial charge in [-0.15, -0.1) is 0 Å². The van der Waals surface area contributed by atoms with Gasteiger partial charge in [-0.1, -0.05) is 12.1 Å². The van der Waals surface area contributed by atoms with Crippen LogP contribution >= 0.6 is 0 Å². The molecule has 0 aliphatic rings. The van der Waals surface area contributed by atoms with E-state index in [2.05, 4.69) is 10.3 Å². The number of nitrogens with zero attached hydrogens (tertiary/aromatic N) is 1. The van der Waals surface area contributed by atoms with Gasteiger partial charge in [0.2, 0.25) is 0 Å². The highest BCUT2D eigenvalue weighted by molar-refractivity contribution is 5.96. The first-order valence-corrected chi connectivity index (χ1v) is 5.85. The van der Waals surface area contributed by atoms with E-state index in [4.69, 9.17) is 5.73 Å². The number of carbonyl (C=O) groups excluding carboxylic acids is 1. The van der Waals surface area contributed by atoms with Crippen LogP contribution in [-0.4, -0.2) is 16.0 Å². The topological polar surface area (TPSA) is 88.2 Å². The fourth-order valence-corrected chi connectivity index (χ4v) is 1.73. The Balaban J connectivity index is 2.10. The number of pyridine rings is 1. The molecule has 5 nitrogen and oxygen atoms in total. The molecule has 4 N–H and O–H groups in total. The van der Waals surface area contributed by atoms with Gasteiger partial charge in [-0.3, -0.25) is 4.79 Å². The first kappa shape index (κ1) is 12.9. The molecule has 0 aliphatic heterocycles. The Morgan fingerprint density at radius 2 is 2.21 bits per heavy atom. The van der Waals surface area contributed by atoms with Crippen LogP contribution in [0.25, 0.3) is 0 Å².